The molecule has 2 aromatic carbocycles. The molecule has 6 rings (SSSR count). The second-order valence-electron chi connectivity index (χ2n) is 9.73. The van der Waals surface area contributed by atoms with Crippen LogP contribution in [-0.2, 0) is 13.1 Å². The van der Waals surface area contributed by atoms with Gasteiger partial charge >= 0.3 is 0 Å². The lowest BCUT2D eigenvalue weighted by Crippen LogP contribution is -2.32. The number of hydrogen-bond acceptors (Lipinski definition) is 5. The predicted molar refractivity (Wildman–Crippen MR) is 149 cm³/mol. The Morgan fingerprint density at radius 1 is 0.865 bits per heavy atom. The van der Waals surface area contributed by atoms with Crippen molar-refractivity contribution in [2.75, 3.05) is 18.4 Å². The van der Waals surface area contributed by atoms with Gasteiger partial charge in [0.25, 0.3) is 0 Å². The number of piperidine rings is 1. The second-order valence-corrected chi connectivity index (χ2v) is 9.73. The lowest BCUT2D eigenvalue weighted by Gasteiger charge is -2.32. The van der Waals surface area contributed by atoms with Gasteiger partial charge in [0.2, 0.25) is 0 Å². The quantitative estimate of drug-likeness (QED) is 0.343. The molecule has 37 heavy (non-hydrogen) atoms. The van der Waals surface area contributed by atoms with Crippen LogP contribution >= 0.6 is 0 Å². The van der Waals surface area contributed by atoms with Crippen LogP contribution in [0, 0.1) is 0 Å². The van der Waals surface area contributed by atoms with E-state index in [1.807, 2.05) is 12.3 Å². The molecule has 2 radical (unpaired) electrons. The summed E-state index contributed by atoms with van der Waals surface area (Å²) in [7, 11) is 6.22. The number of nitrogens with zero attached hydrogens (tertiary/aromatic N) is 5. The summed E-state index contributed by atoms with van der Waals surface area (Å²) in [6, 6.07) is 25.6. The first-order valence-electron chi connectivity index (χ1n) is 12.9. The average Bonchev–Trinajstić information content (AvgIpc) is 3.34. The van der Waals surface area contributed by atoms with E-state index in [2.05, 4.69) is 87.0 Å². The standard InChI is InChI=1S/C30H29BN6/c31-27-20-34-37-29(33-19-23-7-5-13-32-18-23)17-28(35-30(27)37)25-11-14-36(15-12-25)21-22-6-4-10-26(16-22)24-8-2-1-3-9-24/h1-10,13,16-18,20,25,33H,11-12,14-15,19,21H2. The zero-order valence-corrected chi connectivity index (χ0v) is 20.8. The van der Waals surface area contributed by atoms with Crippen molar-refractivity contribution in [1.82, 2.24) is 24.5 Å². The number of fused-ring (bicyclic) bond motifs is 1. The molecule has 6 nitrogen and oxygen atoms in total. The Morgan fingerprint density at radius 3 is 2.49 bits per heavy atom. The van der Waals surface area contributed by atoms with Gasteiger partial charge < -0.3 is 5.32 Å². The van der Waals surface area contributed by atoms with Gasteiger partial charge in [-0.2, -0.15) is 9.61 Å². The number of pyridine rings is 1. The minimum Gasteiger partial charge on any atom is -0.366 e. The summed E-state index contributed by atoms with van der Waals surface area (Å²) in [6.07, 6.45) is 7.46. The first kappa shape index (κ1) is 23.4. The van der Waals surface area contributed by atoms with E-state index in [4.69, 9.17) is 12.8 Å². The first-order valence-corrected chi connectivity index (χ1v) is 12.9. The third kappa shape index (κ3) is 5.27. The van der Waals surface area contributed by atoms with Gasteiger partial charge in [-0.1, -0.05) is 54.6 Å². The minimum atomic E-state index is 0.394. The minimum absolute atomic E-state index is 0.394. The van der Waals surface area contributed by atoms with Crippen molar-refractivity contribution < 1.29 is 0 Å². The van der Waals surface area contributed by atoms with E-state index < -0.39 is 0 Å². The third-order valence-corrected chi connectivity index (χ3v) is 7.16. The van der Waals surface area contributed by atoms with Crippen LogP contribution in [0.15, 0.2) is 91.4 Å². The van der Waals surface area contributed by atoms with Crippen molar-refractivity contribution in [2.45, 2.75) is 31.8 Å². The van der Waals surface area contributed by atoms with Crippen molar-refractivity contribution in [3.63, 3.8) is 0 Å². The second kappa shape index (κ2) is 10.6. The summed E-state index contributed by atoms with van der Waals surface area (Å²) >= 11 is 0. The van der Waals surface area contributed by atoms with Gasteiger partial charge in [0.15, 0.2) is 0 Å². The fourth-order valence-electron chi connectivity index (χ4n) is 5.15. The molecule has 0 aliphatic carbocycles. The van der Waals surface area contributed by atoms with Crippen LogP contribution in [0.25, 0.3) is 16.8 Å². The molecule has 182 valence electrons. The molecule has 5 aromatic rings. The molecular weight excluding hydrogens is 455 g/mol. The molecule has 4 heterocycles. The zero-order valence-electron chi connectivity index (χ0n) is 20.8. The van der Waals surface area contributed by atoms with Gasteiger partial charge in [-0.15, -0.1) is 0 Å². The van der Waals surface area contributed by atoms with Crippen molar-refractivity contribution in [3.8, 4) is 11.1 Å². The summed E-state index contributed by atoms with van der Waals surface area (Å²) in [5.74, 6) is 1.30. The fourth-order valence-corrected chi connectivity index (χ4v) is 5.15. The summed E-state index contributed by atoms with van der Waals surface area (Å²) in [5, 5.41) is 7.96. The fraction of sp³-hybridized carbons (Fsp3) is 0.233. The van der Waals surface area contributed by atoms with Crippen LogP contribution in [0.4, 0.5) is 5.82 Å². The molecule has 0 bridgehead atoms. The highest BCUT2D eigenvalue weighted by atomic mass is 15.3. The number of aromatic nitrogens is 4. The molecule has 1 aliphatic rings. The number of benzene rings is 2. The molecule has 3 aromatic heterocycles. The Bertz CT molecular complexity index is 1480. The summed E-state index contributed by atoms with van der Waals surface area (Å²) in [5.41, 5.74) is 7.39. The maximum Gasteiger partial charge on any atom is 0.150 e. The van der Waals surface area contributed by atoms with Crippen LogP contribution < -0.4 is 10.8 Å². The maximum atomic E-state index is 6.22. The zero-order chi connectivity index (χ0) is 25.0. The van der Waals surface area contributed by atoms with E-state index in [9.17, 15) is 0 Å². The number of nitrogens with one attached hydrogen (secondary N) is 1. The number of hydrogen-bond donors (Lipinski definition) is 1. The molecule has 1 fully saturated rings. The summed E-state index contributed by atoms with van der Waals surface area (Å²) < 4.78 is 1.80. The monoisotopic (exact) mass is 484 g/mol. The number of anilines is 1. The normalized spacial score (nSPS) is 14.7. The van der Waals surface area contributed by atoms with Gasteiger partial charge in [0.1, 0.15) is 19.3 Å². The molecule has 1 N–H and O–H groups in total. The smallest absolute Gasteiger partial charge is 0.150 e. The van der Waals surface area contributed by atoms with E-state index in [1.54, 1.807) is 16.9 Å². The Balaban J connectivity index is 1.14. The van der Waals surface area contributed by atoms with Crippen LogP contribution in [0.1, 0.15) is 35.6 Å². The highest BCUT2D eigenvalue weighted by Crippen LogP contribution is 2.30. The SMILES string of the molecule is [B]c1cnn2c(NCc3cccnc3)cc(C3CCN(Cc4cccc(-c5ccccc5)c4)CC3)nc12. The lowest BCUT2D eigenvalue weighted by atomic mass is 9.92. The Morgan fingerprint density at radius 2 is 1.68 bits per heavy atom. The molecule has 1 saturated heterocycles. The van der Waals surface area contributed by atoms with Crippen molar-refractivity contribution in [2.24, 2.45) is 0 Å². The molecule has 0 spiro atoms. The van der Waals surface area contributed by atoms with Crippen LogP contribution in [0.5, 0.6) is 0 Å². The third-order valence-electron chi connectivity index (χ3n) is 7.16. The Kier molecular flexibility index (Phi) is 6.69. The first-order chi connectivity index (χ1) is 18.2. The predicted octanol–water partition coefficient (Wildman–Crippen LogP) is 4.58. The van der Waals surface area contributed by atoms with Crippen molar-refractivity contribution in [1.29, 1.82) is 0 Å². The van der Waals surface area contributed by atoms with Crippen LogP contribution in [0.2, 0.25) is 0 Å². The van der Waals surface area contributed by atoms with E-state index in [-0.39, 0.29) is 0 Å². The number of rotatable bonds is 7. The largest absolute Gasteiger partial charge is 0.366 e. The molecule has 1 aliphatic heterocycles. The molecular formula is C30H29BN6. The van der Waals surface area contributed by atoms with Crippen molar-refractivity contribution in [3.05, 3.63) is 108 Å². The summed E-state index contributed by atoms with van der Waals surface area (Å²) in [6.45, 7) is 3.71. The summed E-state index contributed by atoms with van der Waals surface area (Å²) in [4.78, 5) is 11.7. The van der Waals surface area contributed by atoms with E-state index in [0.717, 1.165) is 49.6 Å². The van der Waals surface area contributed by atoms with Crippen molar-refractivity contribution >= 4 is 24.8 Å². The lowest BCUT2D eigenvalue weighted by molar-refractivity contribution is 0.203. The molecule has 0 atom stereocenters. The molecule has 0 amide bonds. The maximum absolute atomic E-state index is 6.22. The van der Waals surface area contributed by atoms with Gasteiger partial charge in [0.05, 0.1) is 0 Å². The average molecular weight is 484 g/mol. The van der Waals surface area contributed by atoms with E-state index in [0.29, 0.717) is 23.6 Å². The van der Waals surface area contributed by atoms with Crippen LogP contribution in [-0.4, -0.2) is 45.4 Å². The highest BCUT2D eigenvalue weighted by molar-refractivity contribution is 6.36. The Labute approximate surface area is 218 Å². The number of likely N-dealkylation sites (tertiary alicyclic amines) is 1. The van der Waals surface area contributed by atoms with Gasteiger partial charge in [0, 0.05) is 49.4 Å². The van der Waals surface area contributed by atoms with Gasteiger partial charge in [-0.3, -0.25) is 9.88 Å². The van der Waals surface area contributed by atoms with Gasteiger partial charge in [-0.05, 0) is 65.8 Å². The Hall–Kier alpha value is -3.97. The molecule has 0 unspecified atom stereocenters. The van der Waals surface area contributed by atoms with Crippen LogP contribution in [0.3, 0.4) is 0 Å². The van der Waals surface area contributed by atoms with Gasteiger partial charge in [-0.25, -0.2) is 4.98 Å². The topological polar surface area (TPSA) is 58.4 Å². The van der Waals surface area contributed by atoms with E-state index in [1.165, 1.54) is 16.7 Å². The molecule has 7 heteroatoms. The van der Waals surface area contributed by atoms with E-state index >= 15 is 0 Å². The molecule has 0 saturated carbocycles. The highest BCUT2D eigenvalue weighted by Gasteiger charge is 2.23.